The fraction of sp³-hybridized carbons (Fsp3) is 0.217. The first-order chi connectivity index (χ1) is 11.7. The van der Waals surface area contributed by atoms with E-state index in [0.29, 0.717) is 0 Å². The summed E-state index contributed by atoms with van der Waals surface area (Å²) in [6, 6.07) is 22.6. The number of hydrogen-bond donors (Lipinski definition) is 0. The van der Waals surface area contributed by atoms with Crippen LogP contribution >= 0.6 is 0 Å². The Morgan fingerprint density at radius 1 is 0.667 bits per heavy atom. The van der Waals surface area contributed by atoms with Crippen LogP contribution in [-0.2, 0) is 12.8 Å². The SMILES string of the molecule is CCCc1ccc(-c2ccc(-c3ccc(CC)c(F)c3)cc2)cc1. The third-order valence-corrected chi connectivity index (χ3v) is 4.48. The van der Waals surface area contributed by atoms with E-state index in [9.17, 15) is 4.39 Å². The lowest BCUT2D eigenvalue weighted by molar-refractivity contribution is 0.613. The zero-order chi connectivity index (χ0) is 16.9. The lowest BCUT2D eigenvalue weighted by Gasteiger charge is -2.08. The Morgan fingerprint density at radius 2 is 1.17 bits per heavy atom. The normalized spacial score (nSPS) is 10.8. The van der Waals surface area contributed by atoms with Gasteiger partial charge in [0, 0.05) is 0 Å². The van der Waals surface area contributed by atoms with Gasteiger partial charge >= 0.3 is 0 Å². The molecule has 0 aliphatic carbocycles. The van der Waals surface area contributed by atoms with Gasteiger partial charge in [0.2, 0.25) is 0 Å². The molecule has 0 aliphatic heterocycles. The van der Waals surface area contributed by atoms with Crippen LogP contribution in [0.15, 0.2) is 66.7 Å². The van der Waals surface area contributed by atoms with Crippen molar-refractivity contribution in [1.82, 2.24) is 0 Å². The van der Waals surface area contributed by atoms with E-state index in [1.165, 1.54) is 23.1 Å². The Hall–Kier alpha value is -2.41. The molecule has 24 heavy (non-hydrogen) atoms. The maximum absolute atomic E-state index is 14.0. The number of benzene rings is 3. The van der Waals surface area contributed by atoms with Crippen LogP contribution in [-0.4, -0.2) is 0 Å². The largest absolute Gasteiger partial charge is 0.207 e. The summed E-state index contributed by atoms with van der Waals surface area (Å²) < 4.78 is 14.0. The first-order valence-electron chi connectivity index (χ1n) is 8.69. The summed E-state index contributed by atoms with van der Waals surface area (Å²) in [7, 11) is 0. The van der Waals surface area contributed by atoms with Gasteiger partial charge in [0.05, 0.1) is 0 Å². The molecule has 0 radical (unpaired) electrons. The fourth-order valence-electron chi connectivity index (χ4n) is 3.02. The Kier molecular flexibility index (Phi) is 5.10. The van der Waals surface area contributed by atoms with Crippen LogP contribution in [0.2, 0.25) is 0 Å². The van der Waals surface area contributed by atoms with E-state index < -0.39 is 0 Å². The summed E-state index contributed by atoms with van der Waals surface area (Å²) in [5, 5.41) is 0. The first kappa shape index (κ1) is 16.4. The van der Waals surface area contributed by atoms with E-state index in [2.05, 4.69) is 55.5 Å². The summed E-state index contributed by atoms with van der Waals surface area (Å²) in [6.07, 6.45) is 3.01. The van der Waals surface area contributed by atoms with Crippen molar-refractivity contribution in [2.75, 3.05) is 0 Å². The second kappa shape index (κ2) is 7.44. The zero-order valence-electron chi connectivity index (χ0n) is 14.4. The molecule has 0 aromatic heterocycles. The third kappa shape index (κ3) is 3.56. The molecule has 0 bridgehead atoms. The third-order valence-electron chi connectivity index (χ3n) is 4.48. The number of rotatable bonds is 5. The van der Waals surface area contributed by atoms with E-state index in [1.54, 1.807) is 6.07 Å². The molecule has 0 N–H and O–H groups in total. The van der Waals surface area contributed by atoms with Crippen molar-refractivity contribution in [2.45, 2.75) is 33.1 Å². The minimum absolute atomic E-state index is 0.120. The highest BCUT2D eigenvalue weighted by Crippen LogP contribution is 2.26. The Balaban J connectivity index is 1.83. The highest BCUT2D eigenvalue weighted by atomic mass is 19.1. The molecule has 0 saturated heterocycles. The summed E-state index contributed by atoms with van der Waals surface area (Å²) in [6.45, 7) is 4.17. The van der Waals surface area contributed by atoms with Gasteiger partial charge in [0.25, 0.3) is 0 Å². The molecule has 122 valence electrons. The summed E-state index contributed by atoms with van der Waals surface area (Å²) >= 11 is 0. The van der Waals surface area contributed by atoms with Gasteiger partial charge in [0.15, 0.2) is 0 Å². The van der Waals surface area contributed by atoms with Crippen molar-refractivity contribution in [3.05, 3.63) is 83.7 Å². The first-order valence-corrected chi connectivity index (χ1v) is 8.69. The molecule has 3 aromatic rings. The molecule has 0 unspecified atom stereocenters. The Bertz CT molecular complexity index is 798. The smallest absolute Gasteiger partial charge is 0.127 e. The molecule has 0 nitrogen and oxygen atoms in total. The number of aryl methyl sites for hydroxylation is 2. The monoisotopic (exact) mass is 318 g/mol. The van der Waals surface area contributed by atoms with Crippen LogP contribution in [0.25, 0.3) is 22.3 Å². The van der Waals surface area contributed by atoms with Crippen molar-refractivity contribution in [3.8, 4) is 22.3 Å². The molecule has 0 spiro atoms. The van der Waals surface area contributed by atoms with Crippen LogP contribution in [0.4, 0.5) is 4.39 Å². The average molecular weight is 318 g/mol. The van der Waals surface area contributed by atoms with Crippen LogP contribution in [0.3, 0.4) is 0 Å². The molecule has 3 rings (SSSR count). The topological polar surface area (TPSA) is 0 Å². The van der Waals surface area contributed by atoms with Crippen molar-refractivity contribution in [3.63, 3.8) is 0 Å². The van der Waals surface area contributed by atoms with Crippen molar-refractivity contribution in [2.24, 2.45) is 0 Å². The molecule has 0 atom stereocenters. The van der Waals surface area contributed by atoms with E-state index in [0.717, 1.165) is 29.5 Å². The van der Waals surface area contributed by atoms with Crippen molar-refractivity contribution < 1.29 is 4.39 Å². The van der Waals surface area contributed by atoms with Crippen LogP contribution in [0, 0.1) is 5.82 Å². The second-order valence-corrected chi connectivity index (χ2v) is 6.18. The van der Waals surface area contributed by atoms with Crippen molar-refractivity contribution >= 4 is 0 Å². The van der Waals surface area contributed by atoms with Crippen LogP contribution < -0.4 is 0 Å². The molecule has 0 saturated carbocycles. The minimum Gasteiger partial charge on any atom is -0.207 e. The predicted molar refractivity (Wildman–Crippen MR) is 101 cm³/mol. The van der Waals surface area contributed by atoms with Gasteiger partial charge in [-0.05, 0) is 52.3 Å². The quantitative estimate of drug-likeness (QED) is 0.492. The zero-order valence-corrected chi connectivity index (χ0v) is 14.4. The van der Waals surface area contributed by atoms with E-state index >= 15 is 0 Å². The molecular weight excluding hydrogens is 295 g/mol. The van der Waals surface area contributed by atoms with Gasteiger partial charge in [-0.1, -0.05) is 80.9 Å². The van der Waals surface area contributed by atoms with Gasteiger partial charge in [0.1, 0.15) is 5.82 Å². The minimum atomic E-state index is -0.120. The number of hydrogen-bond acceptors (Lipinski definition) is 0. The highest BCUT2D eigenvalue weighted by molar-refractivity contribution is 5.70. The molecule has 0 heterocycles. The van der Waals surface area contributed by atoms with Gasteiger partial charge < -0.3 is 0 Å². The fourth-order valence-corrected chi connectivity index (χ4v) is 3.02. The molecule has 1 heteroatoms. The van der Waals surface area contributed by atoms with Crippen LogP contribution in [0.5, 0.6) is 0 Å². The lowest BCUT2D eigenvalue weighted by Crippen LogP contribution is -1.89. The summed E-state index contributed by atoms with van der Waals surface area (Å²) in [5.41, 5.74) is 6.52. The predicted octanol–water partition coefficient (Wildman–Crippen LogP) is 6.67. The van der Waals surface area contributed by atoms with Gasteiger partial charge in [-0.25, -0.2) is 4.39 Å². The van der Waals surface area contributed by atoms with E-state index in [-0.39, 0.29) is 5.82 Å². The van der Waals surface area contributed by atoms with Gasteiger partial charge in [-0.2, -0.15) is 0 Å². The average Bonchev–Trinajstić information content (AvgIpc) is 2.63. The van der Waals surface area contributed by atoms with E-state index in [4.69, 9.17) is 0 Å². The van der Waals surface area contributed by atoms with Crippen LogP contribution in [0.1, 0.15) is 31.4 Å². The Labute approximate surface area is 144 Å². The second-order valence-electron chi connectivity index (χ2n) is 6.18. The maximum Gasteiger partial charge on any atom is 0.127 e. The summed E-state index contributed by atoms with van der Waals surface area (Å²) in [5.74, 6) is -0.120. The summed E-state index contributed by atoms with van der Waals surface area (Å²) in [4.78, 5) is 0. The van der Waals surface area contributed by atoms with Gasteiger partial charge in [-0.3, -0.25) is 0 Å². The standard InChI is InChI=1S/C23H23F/c1-3-5-17-6-8-19(9-7-17)20-11-13-21(14-12-20)22-15-10-18(4-2)23(24)16-22/h6-16H,3-5H2,1-2H3. The Morgan fingerprint density at radius 3 is 1.67 bits per heavy atom. The maximum atomic E-state index is 14.0. The molecular formula is C23H23F. The van der Waals surface area contributed by atoms with Crippen molar-refractivity contribution in [1.29, 1.82) is 0 Å². The highest BCUT2D eigenvalue weighted by Gasteiger charge is 2.05. The molecule has 0 aliphatic rings. The van der Waals surface area contributed by atoms with E-state index in [1.807, 2.05) is 19.1 Å². The molecule has 3 aromatic carbocycles. The number of halogens is 1. The lowest BCUT2D eigenvalue weighted by atomic mass is 9.98. The molecule has 0 amide bonds. The molecule has 0 fully saturated rings. The van der Waals surface area contributed by atoms with Gasteiger partial charge in [-0.15, -0.1) is 0 Å².